The third-order valence-corrected chi connectivity index (χ3v) is 15.5. The highest BCUT2D eigenvalue weighted by Gasteiger charge is 2.37. The van der Waals surface area contributed by atoms with Gasteiger partial charge in [-0.1, -0.05) is 103 Å². The van der Waals surface area contributed by atoms with Gasteiger partial charge in [0.2, 0.25) is 65.0 Å². The van der Waals surface area contributed by atoms with Crippen LogP contribution in [0.1, 0.15) is 219 Å². The normalized spacial score (nSPS) is 15.2. The lowest BCUT2D eigenvalue weighted by Crippen LogP contribution is -2.61. The van der Waals surface area contributed by atoms with Crippen molar-refractivity contribution in [3.63, 3.8) is 0 Å². The van der Waals surface area contributed by atoms with Crippen LogP contribution in [0.5, 0.6) is 0 Å². The van der Waals surface area contributed by atoms with Crippen molar-refractivity contribution >= 4 is 65.0 Å². The second-order valence-corrected chi connectivity index (χ2v) is 28.2. The van der Waals surface area contributed by atoms with Crippen LogP contribution >= 0.6 is 0 Å². The van der Waals surface area contributed by atoms with Gasteiger partial charge in [0, 0.05) is 0 Å². The third kappa shape index (κ3) is 38.2. The number of carbonyl (C=O) groups is 11. The maximum atomic E-state index is 14.6. The van der Waals surface area contributed by atoms with Crippen LogP contribution < -0.4 is 87.6 Å². The van der Waals surface area contributed by atoms with Crippen LogP contribution in [0.2, 0.25) is 0 Å². The molecule has 0 saturated heterocycles. The minimum atomic E-state index is -1.21. The molecule has 22 N–H and O–H groups in total. The molecule has 0 rings (SSSR count). The lowest BCUT2D eigenvalue weighted by molar-refractivity contribution is -0.136. The average Bonchev–Trinajstić information content (AvgIpc) is 1.01. The number of nitrogens with one attached hydrogen (secondary N) is 10. The van der Waals surface area contributed by atoms with E-state index in [0.29, 0.717) is 84.0 Å². The minimum absolute atomic E-state index is 0.0293. The minimum Gasteiger partial charge on any atom is -0.368 e. The Kier molecular flexibility index (Phi) is 44.7. The van der Waals surface area contributed by atoms with Crippen molar-refractivity contribution in [2.45, 2.75) is 285 Å². The summed E-state index contributed by atoms with van der Waals surface area (Å²) in [6, 6.07) is -12.3. The van der Waals surface area contributed by atoms with Crippen molar-refractivity contribution in [3.8, 4) is 0 Å². The van der Waals surface area contributed by atoms with Crippen molar-refractivity contribution in [2.24, 2.45) is 75.8 Å². The van der Waals surface area contributed by atoms with Crippen molar-refractivity contribution in [1.29, 1.82) is 0 Å². The molecule has 0 saturated carbocycles. The van der Waals surface area contributed by atoms with E-state index in [4.69, 9.17) is 34.4 Å². The molecule has 0 aromatic rings. The fraction of sp³-hybridized carbons (Fsp3) is 0.833. The SMILES string of the molecule is CC(C)C[C@@H](NC(=O)[C@H](N)CCCCN)C(=O)N[C@H](CCCCN)C(=O)N[C@H](CC(C)C)C(=O)N[C@H](CC(C)C)C(=O)N[C@H](CC(C)C)C(=O)N[C@H](CC(C)C)C(=O)N[C@H](CC(C)C)C(=O)N[C@H](CCCCN)C(=O)N[C@H](CC(C)C)C(=O)N[C@H](CCCCN)C(N)=O. The van der Waals surface area contributed by atoms with Crippen molar-refractivity contribution in [2.75, 3.05) is 26.2 Å². The fourth-order valence-electron chi connectivity index (χ4n) is 10.6. The molecule has 0 heterocycles. The van der Waals surface area contributed by atoms with Crippen molar-refractivity contribution in [1.82, 2.24) is 53.2 Å². The molecule has 0 aliphatic carbocycles. The molecule has 93 heavy (non-hydrogen) atoms. The number of unbranched alkanes of at least 4 members (excludes halogenated alkanes) is 4. The average molecular weight is 1320 g/mol. The number of hydrogen-bond acceptors (Lipinski definition) is 16. The van der Waals surface area contributed by atoms with E-state index >= 15 is 0 Å². The maximum absolute atomic E-state index is 14.6. The Balaban J connectivity index is 6.97. The van der Waals surface area contributed by atoms with Crippen molar-refractivity contribution in [3.05, 3.63) is 0 Å². The van der Waals surface area contributed by atoms with Gasteiger partial charge >= 0.3 is 0 Å². The first-order valence-electron chi connectivity index (χ1n) is 34.5. The first-order valence-corrected chi connectivity index (χ1v) is 34.5. The fourth-order valence-corrected chi connectivity index (χ4v) is 10.6. The van der Waals surface area contributed by atoms with Gasteiger partial charge in [0.25, 0.3) is 0 Å². The zero-order valence-electron chi connectivity index (χ0n) is 59.1. The summed E-state index contributed by atoms with van der Waals surface area (Å²) in [6.45, 7) is 27.6. The lowest BCUT2D eigenvalue weighted by Gasteiger charge is -2.30. The smallest absolute Gasteiger partial charge is 0.243 e. The zero-order valence-corrected chi connectivity index (χ0v) is 59.1. The Morgan fingerprint density at radius 1 is 0.237 bits per heavy atom. The number of carbonyl (C=O) groups excluding carboxylic acids is 11. The van der Waals surface area contributed by atoms with Gasteiger partial charge in [0.1, 0.15) is 60.4 Å². The summed E-state index contributed by atoms with van der Waals surface area (Å²) in [5.74, 6) is -8.10. The molecule has 11 atom stereocenters. The molecule has 0 unspecified atom stereocenters. The first-order chi connectivity index (χ1) is 43.6. The number of amides is 11. The van der Waals surface area contributed by atoms with E-state index in [2.05, 4.69) is 53.2 Å². The van der Waals surface area contributed by atoms with E-state index in [9.17, 15) is 52.7 Å². The van der Waals surface area contributed by atoms with Gasteiger partial charge in [-0.3, -0.25) is 52.7 Å². The Bertz CT molecular complexity index is 2270. The molecule has 0 aliphatic heterocycles. The number of nitrogens with two attached hydrogens (primary N) is 6. The van der Waals surface area contributed by atoms with Gasteiger partial charge in [0.05, 0.1) is 6.04 Å². The monoisotopic (exact) mass is 1320 g/mol. The van der Waals surface area contributed by atoms with E-state index in [0.717, 1.165) is 0 Å². The van der Waals surface area contributed by atoms with Crippen LogP contribution in [0.15, 0.2) is 0 Å². The van der Waals surface area contributed by atoms with Gasteiger partial charge in [-0.2, -0.15) is 0 Å². The van der Waals surface area contributed by atoms with Gasteiger partial charge in [-0.15, -0.1) is 0 Å². The standard InChI is InChI=1S/C66H128N16O11/c1-38(2)31-49(76-57(84)45(71)23-15-19-27-67)61(88)74-47(25-17-21-29-69)59(86)78-52(34-41(7)8)63(90)80-54(36-43(11)12)65(92)82-55(37-44(13)14)66(93)81-53(35-42(9)10)64(91)79-51(33-40(5)6)62(89)75-48(26-18-22-30-70)58(85)77-50(32-39(3)4)60(87)73-46(56(72)83)24-16-20-28-68/h38-55H,15-37,67-71H2,1-14H3,(H2,72,83)(H,73,87)(H,74,88)(H,75,89)(H,76,84)(H,77,85)(H,78,86)(H,79,91)(H,80,90)(H,81,93)(H,82,92)/t45-,46-,47-,48-,49-,50-,51-,52-,53-,54-,55-/m1/s1. The summed E-state index contributed by atoms with van der Waals surface area (Å²) >= 11 is 0. The molecule has 27 nitrogen and oxygen atoms in total. The van der Waals surface area contributed by atoms with E-state index in [1.165, 1.54) is 0 Å². The number of hydrogen-bond donors (Lipinski definition) is 16. The quantitative estimate of drug-likeness (QED) is 0.0384. The number of rotatable bonds is 51. The molecule has 11 amide bonds. The van der Waals surface area contributed by atoms with Gasteiger partial charge in [-0.25, -0.2) is 0 Å². The van der Waals surface area contributed by atoms with Crippen molar-refractivity contribution < 1.29 is 52.7 Å². The van der Waals surface area contributed by atoms with Crippen LogP contribution in [0, 0.1) is 41.4 Å². The predicted octanol–water partition coefficient (Wildman–Crippen LogP) is 1.49. The molecular weight excluding hydrogens is 1190 g/mol. The zero-order chi connectivity index (χ0) is 71.1. The summed E-state index contributed by atoms with van der Waals surface area (Å²) in [7, 11) is 0. The summed E-state index contributed by atoms with van der Waals surface area (Å²) in [6.07, 6.45) is 6.41. The molecule has 0 aromatic heterocycles. The van der Waals surface area contributed by atoms with Gasteiger partial charge < -0.3 is 87.6 Å². The summed E-state index contributed by atoms with van der Waals surface area (Å²) in [4.78, 5) is 154. The Morgan fingerprint density at radius 2 is 0.398 bits per heavy atom. The summed E-state index contributed by atoms with van der Waals surface area (Å²) in [5.41, 5.74) is 34.7. The third-order valence-electron chi connectivity index (χ3n) is 15.5. The number of primary amides is 1. The molecule has 0 spiro atoms. The molecular formula is C66H128N16O11. The first kappa shape index (κ1) is 87.0. The Labute approximate surface area is 556 Å². The highest BCUT2D eigenvalue weighted by atomic mass is 16.2. The molecule has 0 fully saturated rings. The van der Waals surface area contributed by atoms with E-state index in [-0.39, 0.29) is 106 Å². The lowest BCUT2D eigenvalue weighted by atomic mass is 9.97. The van der Waals surface area contributed by atoms with Crippen LogP contribution in [0.25, 0.3) is 0 Å². The predicted molar refractivity (Wildman–Crippen MR) is 364 cm³/mol. The topological polar surface area (TPSA) is 464 Å². The van der Waals surface area contributed by atoms with Gasteiger partial charge in [-0.05, 0) is 183 Å². The van der Waals surface area contributed by atoms with E-state index < -0.39 is 131 Å². The molecule has 0 bridgehead atoms. The van der Waals surface area contributed by atoms with E-state index in [1.54, 1.807) is 0 Å². The summed E-state index contributed by atoms with van der Waals surface area (Å²) < 4.78 is 0. The van der Waals surface area contributed by atoms with Crippen LogP contribution in [0.3, 0.4) is 0 Å². The van der Waals surface area contributed by atoms with Crippen LogP contribution in [-0.2, 0) is 52.7 Å². The largest absolute Gasteiger partial charge is 0.368 e. The highest BCUT2D eigenvalue weighted by Crippen LogP contribution is 2.17. The van der Waals surface area contributed by atoms with E-state index in [1.807, 2.05) is 96.9 Å². The molecule has 0 radical (unpaired) electrons. The summed E-state index contributed by atoms with van der Waals surface area (Å²) in [5, 5.41) is 28.1. The molecule has 0 aliphatic rings. The Hall–Kier alpha value is -6.03. The molecule has 27 heteroatoms. The van der Waals surface area contributed by atoms with Crippen LogP contribution in [-0.4, -0.2) is 158 Å². The molecule has 0 aromatic carbocycles. The second kappa shape index (κ2) is 47.8. The van der Waals surface area contributed by atoms with Gasteiger partial charge in [0.15, 0.2) is 0 Å². The highest BCUT2D eigenvalue weighted by molar-refractivity contribution is 5.99. The van der Waals surface area contributed by atoms with Crippen LogP contribution in [0.4, 0.5) is 0 Å². The second-order valence-electron chi connectivity index (χ2n) is 28.2. The maximum Gasteiger partial charge on any atom is 0.243 e. The Morgan fingerprint density at radius 3 is 0.591 bits per heavy atom. The molecule has 538 valence electrons.